The Morgan fingerprint density at radius 1 is 0.792 bits per heavy atom. The number of hydrogen-bond acceptors (Lipinski definition) is 6. The average molecular weight is 368 g/mol. The van der Waals surface area contributed by atoms with Crippen molar-refractivity contribution >= 4 is 22.7 Å². The van der Waals surface area contributed by atoms with Gasteiger partial charge in [0.25, 0.3) is 0 Å². The van der Waals surface area contributed by atoms with Crippen molar-refractivity contribution in [3.63, 3.8) is 0 Å². The maximum atomic E-state index is 11.4. The number of thiol groups is 1. The molecule has 0 rings (SSSR count). The molecule has 0 saturated heterocycles. The molecule has 8 nitrogen and oxygen atoms in total. The Kier molecular flexibility index (Phi) is 16.4. The zero-order valence-corrected chi connectivity index (χ0v) is 15.9. The Balaban J connectivity index is 3.12. The molecule has 0 fully saturated rings. The highest BCUT2D eigenvalue weighted by Crippen LogP contribution is 2.08. The third-order valence-electron chi connectivity index (χ3n) is 2.56. The van der Waals surface area contributed by atoms with E-state index >= 15 is 0 Å². The molecule has 0 atom stereocenters. The van der Waals surface area contributed by atoms with Crippen LogP contribution in [0, 0.1) is 0 Å². The highest BCUT2D eigenvalue weighted by atomic mass is 32.2. The lowest BCUT2D eigenvalue weighted by Crippen LogP contribution is -2.28. The molecule has 0 aromatic heterocycles. The standard InChI is InChI=1S/C15H32N2O6S/c1-14(18)16-4-5-20-6-7-21-8-9-22-10-11-23-12-15(19)17-13-24(2)3/h24H,4-13H2,1-3H3,(H,16,18)(H,17,19). The van der Waals surface area contributed by atoms with Crippen LogP contribution in [0.3, 0.4) is 0 Å². The van der Waals surface area contributed by atoms with E-state index in [1.165, 1.54) is 6.92 Å². The van der Waals surface area contributed by atoms with E-state index in [0.29, 0.717) is 52.8 Å². The van der Waals surface area contributed by atoms with Gasteiger partial charge in [0.1, 0.15) is 6.61 Å². The predicted molar refractivity (Wildman–Crippen MR) is 95.8 cm³/mol. The van der Waals surface area contributed by atoms with Crippen molar-refractivity contribution in [2.75, 3.05) is 77.8 Å². The molecule has 0 aliphatic rings. The molecular weight excluding hydrogens is 336 g/mol. The minimum Gasteiger partial charge on any atom is -0.377 e. The van der Waals surface area contributed by atoms with Crippen LogP contribution in [0.25, 0.3) is 0 Å². The fourth-order valence-corrected chi connectivity index (χ4v) is 1.91. The summed E-state index contributed by atoms with van der Waals surface area (Å²) in [6, 6.07) is 0. The van der Waals surface area contributed by atoms with Crippen molar-refractivity contribution in [3.05, 3.63) is 0 Å². The number of hydrogen-bond donors (Lipinski definition) is 3. The van der Waals surface area contributed by atoms with E-state index in [4.69, 9.17) is 18.9 Å². The number of carbonyl (C=O) groups excluding carboxylic acids is 2. The molecule has 144 valence electrons. The first kappa shape index (κ1) is 23.1. The smallest absolute Gasteiger partial charge is 0.246 e. The number of ether oxygens (including phenoxy) is 4. The van der Waals surface area contributed by atoms with E-state index in [2.05, 4.69) is 23.1 Å². The number of rotatable bonds is 16. The zero-order chi connectivity index (χ0) is 18.0. The first-order valence-corrected chi connectivity index (χ1v) is 10.4. The van der Waals surface area contributed by atoms with Gasteiger partial charge >= 0.3 is 0 Å². The molecule has 0 aromatic rings. The van der Waals surface area contributed by atoms with Gasteiger partial charge in [-0.25, -0.2) is 10.9 Å². The Labute approximate surface area is 147 Å². The molecule has 0 radical (unpaired) electrons. The Morgan fingerprint density at radius 3 is 1.79 bits per heavy atom. The predicted octanol–water partition coefficient (Wildman–Crippen LogP) is -0.477. The van der Waals surface area contributed by atoms with Gasteiger partial charge in [-0.05, 0) is 12.5 Å². The van der Waals surface area contributed by atoms with Crippen molar-refractivity contribution < 1.29 is 28.5 Å². The van der Waals surface area contributed by atoms with Crippen molar-refractivity contribution in [3.8, 4) is 0 Å². The molecule has 0 unspecified atom stereocenters. The quantitative estimate of drug-likeness (QED) is 0.252. The summed E-state index contributed by atoms with van der Waals surface area (Å²) >= 11 is 0. The molecule has 9 heteroatoms. The first-order valence-electron chi connectivity index (χ1n) is 7.99. The van der Waals surface area contributed by atoms with E-state index in [-0.39, 0.29) is 29.3 Å². The second-order valence-corrected chi connectivity index (χ2v) is 7.69. The van der Waals surface area contributed by atoms with E-state index in [1.54, 1.807) is 0 Å². The summed E-state index contributed by atoms with van der Waals surface area (Å²) in [5.74, 6) is 0.573. The van der Waals surface area contributed by atoms with Gasteiger partial charge in [-0.15, -0.1) is 0 Å². The van der Waals surface area contributed by atoms with Crippen molar-refractivity contribution in [2.24, 2.45) is 0 Å². The summed E-state index contributed by atoms with van der Waals surface area (Å²) in [5, 5.41) is 5.44. The summed E-state index contributed by atoms with van der Waals surface area (Å²) < 4.78 is 21.1. The Bertz CT molecular complexity index is 331. The molecular formula is C15H32N2O6S. The summed E-state index contributed by atoms with van der Waals surface area (Å²) in [4.78, 5) is 22.0. The minimum absolute atomic E-state index is 0.0621. The van der Waals surface area contributed by atoms with Crippen LogP contribution in [-0.4, -0.2) is 89.6 Å². The number of nitrogens with one attached hydrogen (secondary N) is 2. The van der Waals surface area contributed by atoms with Crippen LogP contribution in [0.2, 0.25) is 0 Å². The van der Waals surface area contributed by atoms with Gasteiger partial charge in [0, 0.05) is 19.3 Å². The number of amides is 2. The molecule has 0 bridgehead atoms. The molecule has 2 N–H and O–H groups in total. The van der Waals surface area contributed by atoms with Gasteiger partial charge in [0.2, 0.25) is 11.8 Å². The van der Waals surface area contributed by atoms with Gasteiger partial charge < -0.3 is 29.6 Å². The maximum absolute atomic E-state index is 11.4. The van der Waals surface area contributed by atoms with Crippen molar-refractivity contribution in [1.82, 2.24) is 10.6 Å². The van der Waals surface area contributed by atoms with Crippen LogP contribution >= 0.6 is 10.9 Å². The van der Waals surface area contributed by atoms with E-state index in [9.17, 15) is 9.59 Å². The summed E-state index contributed by atoms with van der Waals surface area (Å²) in [6.07, 6.45) is 4.20. The third-order valence-corrected chi connectivity index (χ3v) is 3.35. The SMILES string of the molecule is CC(=O)NCCOCCOCCOCCOCC(=O)NC[SH](C)C. The van der Waals surface area contributed by atoms with E-state index in [0.717, 1.165) is 5.88 Å². The lowest BCUT2D eigenvalue weighted by atomic mass is 10.6. The van der Waals surface area contributed by atoms with Crippen LogP contribution in [0.4, 0.5) is 0 Å². The first-order chi connectivity index (χ1) is 11.5. The lowest BCUT2D eigenvalue weighted by molar-refractivity contribution is -0.126. The lowest BCUT2D eigenvalue weighted by Gasteiger charge is -2.11. The van der Waals surface area contributed by atoms with Gasteiger partial charge in [-0.1, -0.05) is 0 Å². The molecule has 2 amide bonds. The van der Waals surface area contributed by atoms with Gasteiger partial charge in [0.05, 0.1) is 46.2 Å². The molecule has 0 aliphatic heterocycles. The fraction of sp³-hybridized carbons (Fsp3) is 0.867. The highest BCUT2D eigenvalue weighted by Gasteiger charge is 2.00. The van der Waals surface area contributed by atoms with Gasteiger partial charge in [-0.2, -0.15) is 0 Å². The van der Waals surface area contributed by atoms with Crippen molar-refractivity contribution in [1.29, 1.82) is 0 Å². The number of carbonyl (C=O) groups is 2. The zero-order valence-electron chi connectivity index (χ0n) is 15.0. The van der Waals surface area contributed by atoms with Gasteiger partial charge in [-0.3, -0.25) is 9.59 Å². The minimum atomic E-state index is -0.124. The largest absolute Gasteiger partial charge is 0.377 e. The normalized spacial score (nSPS) is 11.2. The van der Waals surface area contributed by atoms with Gasteiger partial charge in [0.15, 0.2) is 0 Å². The second kappa shape index (κ2) is 17.0. The molecule has 0 spiro atoms. The molecule has 0 saturated carbocycles. The van der Waals surface area contributed by atoms with Crippen LogP contribution in [-0.2, 0) is 28.5 Å². The molecule has 0 heterocycles. The fourth-order valence-electron chi connectivity index (χ4n) is 1.42. The van der Waals surface area contributed by atoms with Crippen LogP contribution in [0.5, 0.6) is 0 Å². The molecule has 24 heavy (non-hydrogen) atoms. The monoisotopic (exact) mass is 368 g/mol. The summed E-state index contributed by atoms with van der Waals surface area (Å²) in [6.45, 7) is 5.24. The van der Waals surface area contributed by atoms with Crippen molar-refractivity contribution in [2.45, 2.75) is 6.92 Å². The molecule has 0 aliphatic carbocycles. The average Bonchev–Trinajstić information content (AvgIpc) is 2.52. The Hall–Kier alpha value is -0.870. The van der Waals surface area contributed by atoms with Crippen LogP contribution < -0.4 is 10.6 Å². The third kappa shape index (κ3) is 19.2. The maximum Gasteiger partial charge on any atom is 0.246 e. The molecule has 0 aromatic carbocycles. The summed E-state index contributed by atoms with van der Waals surface area (Å²) in [7, 11) is -0.124. The Morgan fingerprint density at radius 2 is 1.29 bits per heavy atom. The topological polar surface area (TPSA) is 95.1 Å². The van der Waals surface area contributed by atoms with E-state index in [1.807, 2.05) is 0 Å². The highest BCUT2D eigenvalue weighted by molar-refractivity contribution is 8.15. The summed E-state index contributed by atoms with van der Waals surface area (Å²) in [5.41, 5.74) is 0. The van der Waals surface area contributed by atoms with Crippen LogP contribution in [0.1, 0.15) is 6.92 Å². The second-order valence-electron chi connectivity index (χ2n) is 5.21. The van der Waals surface area contributed by atoms with E-state index < -0.39 is 0 Å². The van der Waals surface area contributed by atoms with Crippen LogP contribution in [0.15, 0.2) is 0 Å².